The van der Waals surface area contributed by atoms with E-state index in [0.717, 1.165) is 25.0 Å². The summed E-state index contributed by atoms with van der Waals surface area (Å²) < 4.78 is 5.52. The first-order valence-electron chi connectivity index (χ1n) is 7.12. The number of benzene rings is 1. The van der Waals surface area contributed by atoms with Crippen molar-refractivity contribution in [1.29, 1.82) is 0 Å². The van der Waals surface area contributed by atoms with Crippen LogP contribution in [0.4, 0.5) is 0 Å². The molecule has 102 valence electrons. The average molecular weight is 257 g/mol. The van der Waals surface area contributed by atoms with Gasteiger partial charge in [0.1, 0.15) is 5.76 Å². The molecule has 0 aliphatic carbocycles. The summed E-state index contributed by atoms with van der Waals surface area (Å²) in [6.45, 7) is 2.14. The van der Waals surface area contributed by atoms with Crippen LogP contribution in [0.2, 0.25) is 0 Å². The zero-order valence-electron chi connectivity index (χ0n) is 11.9. The molecule has 19 heavy (non-hydrogen) atoms. The number of hydrogen-bond donors (Lipinski definition) is 1. The molecule has 0 aliphatic rings. The summed E-state index contributed by atoms with van der Waals surface area (Å²) in [5.41, 5.74) is 2.73. The molecule has 1 unspecified atom stereocenters. The van der Waals surface area contributed by atoms with E-state index in [1.54, 1.807) is 6.26 Å². The Hall–Kier alpha value is -1.54. The van der Waals surface area contributed by atoms with E-state index < -0.39 is 0 Å². The van der Waals surface area contributed by atoms with Crippen molar-refractivity contribution >= 4 is 0 Å². The molecule has 0 fully saturated rings. The second-order valence-corrected chi connectivity index (χ2v) is 4.87. The minimum atomic E-state index is 0.400. The zero-order chi connectivity index (χ0) is 13.5. The fourth-order valence-corrected chi connectivity index (χ4v) is 2.56. The van der Waals surface area contributed by atoms with Crippen molar-refractivity contribution in [3.05, 3.63) is 59.5 Å². The van der Waals surface area contributed by atoms with E-state index in [9.17, 15) is 0 Å². The molecule has 0 aliphatic heterocycles. The molecule has 1 atom stereocenters. The van der Waals surface area contributed by atoms with Gasteiger partial charge < -0.3 is 9.73 Å². The average Bonchev–Trinajstić information content (AvgIpc) is 2.93. The summed E-state index contributed by atoms with van der Waals surface area (Å²) in [4.78, 5) is 0. The Balaban J connectivity index is 1.90. The smallest absolute Gasteiger partial charge is 0.108 e. The minimum absolute atomic E-state index is 0.400. The molecule has 0 saturated carbocycles. The number of hydrogen-bond acceptors (Lipinski definition) is 2. The Kier molecular flexibility index (Phi) is 5.22. The lowest BCUT2D eigenvalue weighted by Crippen LogP contribution is -2.17. The van der Waals surface area contributed by atoms with Gasteiger partial charge in [0.25, 0.3) is 0 Å². The molecular weight excluding hydrogens is 234 g/mol. The predicted octanol–water partition coefficient (Wildman–Crippen LogP) is 4.13. The predicted molar refractivity (Wildman–Crippen MR) is 79.3 cm³/mol. The molecule has 1 heterocycles. The second kappa shape index (κ2) is 7.15. The Morgan fingerprint density at radius 2 is 1.95 bits per heavy atom. The molecule has 0 amide bonds. The zero-order valence-corrected chi connectivity index (χ0v) is 11.9. The quantitative estimate of drug-likeness (QED) is 0.807. The Bertz CT molecular complexity index is 475. The number of nitrogens with one attached hydrogen (secondary N) is 1. The summed E-state index contributed by atoms with van der Waals surface area (Å²) in [7, 11) is 2.03. The van der Waals surface area contributed by atoms with Gasteiger partial charge in [0, 0.05) is 18.0 Å². The number of furan rings is 1. The monoisotopic (exact) mass is 257 g/mol. The van der Waals surface area contributed by atoms with E-state index >= 15 is 0 Å². The fraction of sp³-hybridized carbons (Fsp3) is 0.412. The lowest BCUT2D eigenvalue weighted by Gasteiger charge is -2.16. The van der Waals surface area contributed by atoms with Crippen LogP contribution in [-0.4, -0.2) is 7.05 Å². The molecule has 1 aromatic heterocycles. The van der Waals surface area contributed by atoms with Crippen LogP contribution < -0.4 is 5.32 Å². The molecule has 2 heteroatoms. The van der Waals surface area contributed by atoms with E-state index in [0.29, 0.717) is 6.04 Å². The standard InChI is InChI=1S/C17H23NO/c1-3-17-15(12-13-19-17)16(18-2)11-7-10-14-8-5-4-6-9-14/h4-6,8-9,12-13,16,18H,3,7,10-11H2,1-2H3. The highest BCUT2D eigenvalue weighted by Crippen LogP contribution is 2.24. The SMILES string of the molecule is CCc1occc1C(CCCc1ccccc1)NC. The summed E-state index contributed by atoms with van der Waals surface area (Å²) >= 11 is 0. The Morgan fingerprint density at radius 1 is 1.16 bits per heavy atom. The largest absolute Gasteiger partial charge is 0.469 e. The van der Waals surface area contributed by atoms with Crippen molar-refractivity contribution in [3.63, 3.8) is 0 Å². The van der Waals surface area contributed by atoms with Crippen LogP contribution in [0.3, 0.4) is 0 Å². The van der Waals surface area contributed by atoms with Gasteiger partial charge in [0.15, 0.2) is 0 Å². The van der Waals surface area contributed by atoms with Gasteiger partial charge in [0.05, 0.1) is 6.26 Å². The van der Waals surface area contributed by atoms with Gasteiger partial charge in [-0.3, -0.25) is 0 Å². The van der Waals surface area contributed by atoms with Crippen molar-refractivity contribution in [2.75, 3.05) is 7.05 Å². The van der Waals surface area contributed by atoms with Crippen LogP contribution in [-0.2, 0) is 12.8 Å². The topological polar surface area (TPSA) is 25.2 Å². The first-order chi connectivity index (χ1) is 9.35. The lowest BCUT2D eigenvalue weighted by molar-refractivity contribution is 0.480. The Labute approximate surface area is 115 Å². The second-order valence-electron chi connectivity index (χ2n) is 4.87. The van der Waals surface area contributed by atoms with Gasteiger partial charge in [0.2, 0.25) is 0 Å². The van der Waals surface area contributed by atoms with Crippen LogP contribution >= 0.6 is 0 Å². The maximum atomic E-state index is 5.52. The minimum Gasteiger partial charge on any atom is -0.469 e. The third-order valence-electron chi connectivity index (χ3n) is 3.63. The highest BCUT2D eigenvalue weighted by molar-refractivity contribution is 5.21. The fourth-order valence-electron chi connectivity index (χ4n) is 2.56. The summed E-state index contributed by atoms with van der Waals surface area (Å²) in [5.74, 6) is 1.11. The van der Waals surface area contributed by atoms with Gasteiger partial charge in [-0.2, -0.15) is 0 Å². The first kappa shape index (κ1) is 13.9. The molecule has 0 radical (unpaired) electrons. The van der Waals surface area contributed by atoms with E-state index in [1.807, 2.05) is 7.05 Å². The van der Waals surface area contributed by atoms with Gasteiger partial charge in [-0.25, -0.2) is 0 Å². The highest BCUT2D eigenvalue weighted by atomic mass is 16.3. The maximum Gasteiger partial charge on any atom is 0.108 e. The third-order valence-corrected chi connectivity index (χ3v) is 3.63. The van der Waals surface area contributed by atoms with Crippen molar-refractivity contribution in [3.8, 4) is 0 Å². The van der Waals surface area contributed by atoms with E-state index in [4.69, 9.17) is 4.42 Å². The maximum absolute atomic E-state index is 5.52. The number of aryl methyl sites for hydroxylation is 2. The first-order valence-corrected chi connectivity index (χ1v) is 7.12. The van der Waals surface area contributed by atoms with Crippen molar-refractivity contribution in [1.82, 2.24) is 5.32 Å². The molecular formula is C17H23NO. The summed E-state index contributed by atoms with van der Waals surface area (Å²) in [6.07, 6.45) is 6.22. The van der Waals surface area contributed by atoms with Crippen molar-refractivity contribution in [2.45, 2.75) is 38.6 Å². The molecule has 1 N–H and O–H groups in total. The van der Waals surface area contributed by atoms with Gasteiger partial charge in [-0.1, -0.05) is 37.3 Å². The third kappa shape index (κ3) is 3.71. The summed E-state index contributed by atoms with van der Waals surface area (Å²) in [6, 6.07) is 13.2. The van der Waals surface area contributed by atoms with E-state index in [1.165, 1.54) is 17.5 Å². The molecule has 2 aromatic rings. The van der Waals surface area contributed by atoms with E-state index in [-0.39, 0.29) is 0 Å². The lowest BCUT2D eigenvalue weighted by atomic mass is 9.99. The van der Waals surface area contributed by atoms with Gasteiger partial charge in [-0.15, -0.1) is 0 Å². The molecule has 0 spiro atoms. The van der Waals surface area contributed by atoms with E-state index in [2.05, 4.69) is 48.6 Å². The van der Waals surface area contributed by atoms with Gasteiger partial charge >= 0.3 is 0 Å². The van der Waals surface area contributed by atoms with Crippen LogP contribution in [0, 0.1) is 0 Å². The van der Waals surface area contributed by atoms with Crippen LogP contribution in [0.25, 0.3) is 0 Å². The molecule has 2 rings (SSSR count). The van der Waals surface area contributed by atoms with Gasteiger partial charge in [-0.05, 0) is 37.9 Å². The van der Waals surface area contributed by atoms with Crippen molar-refractivity contribution < 1.29 is 4.42 Å². The number of rotatable bonds is 7. The Morgan fingerprint density at radius 3 is 2.63 bits per heavy atom. The van der Waals surface area contributed by atoms with Crippen LogP contribution in [0.1, 0.15) is 42.7 Å². The molecule has 0 bridgehead atoms. The molecule has 2 nitrogen and oxygen atoms in total. The van der Waals surface area contributed by atoms with Crippen LogP contribution in [0.5, 0.6) is 0 Å². The highest BCUT2D eigenvalue weighted by Gasteiger charge is 2.14. The summed E-state index contributed by atoms with van der Waals surface area (Å²) in [5, 5.41) is 3.41. The normalized spacial score (nSPS) is 12.5. The van der Waals surface area contributed by atoms with Crippen LogP contribution in [0.15, 0.2) is 47.1 Å². The molecule has 1 aromatic carbocycles. The molecule has 0 saturated heterocycles. The van der Waals surface area contributed by atoms with Crippen molar-refractivity contribution in [2.24, 2.45) is 0 Å².